The molecule has 0 saturated carbocycles. The molecule has 0 fully saturated rings. The number of halogens is 1. The summed E-state index contributed by atoms with van der Waals surface area (Å²) in [6.45, 7) is 2.72. The summed E-state index contributed by atoms with van der Waals surface area (Å²) in [5.41, 5.74) is 1.74. The lowest BCUT2D eigenvalue weighted by Crippen LogP contribution is -2.25. The highest BCUT2D eigenvalue weighted by atomic mass is 35.5. The SMILES string of the molecule is C[C@@H](c1nc2scc(-c3ccco3)c2c(=O)[nH]1)N(C)Cc1cccc(Cl)c1. The van der Waals surface area contributed by atoms with Crippen molar-refractivity contribution in [2.24, 2.45) is 0 Å². The molecule has 138 valence electrons. The maximum atomic E-state index is 12.7. The number of H-pyrrole nitrogens is 1. The number of nitrogens with zero attached hydrogens (tertiary/aromatic N) is 2. The molecule has 4 rings (SSSR count). The van der Waals surface area contributed by atoms with Crippen LogP contribution in [0.4, 0.5) is 0 Å². The lowest BCUT2D eigenvalue weighted by atomic mass is 10.1. The van der Waals surface area contributed by atoms with Gasteiger partial charge < -0.3 is 9.40 Å². The van der Waals surface area contributed by atoms with E-state index < -0.39 is 0 Å². The fourth-order valence-corrected chi connectivity index (χ4v) is 4.19. The number of fused-ring (bicyclic) bond motifs is 1. The largest absolute Gasteiger partial charge is 0.464 e. The second kappa shape index (κ2) is 7.31. The first-order chi connectivity index (χ1) is 13.0. The average Bonchev–Trinajstić information content (AvgIpc) is 3.30. The monoisotopic (exact) mass is 399 g/mol. The van der Waals surface area contributed by atoms with E-state index in [1.54, 1.807) is 6.26 Å². The first-order valence-corrected chi connectivity index (χ1v) is 9.78. The number of hydrogen-bond donors (Lipinski definition) is 1. The molecule has 3 aromatic heterocycles. The molecule has 1 N–H and O–H groups in total. The van der Waals surface area contributed by atoms with E-state index in [0.29, 0.717) is 33.4 Å². The molecular formula is C20H18ClN3O2S. The Morgan fingerprint density at radius 2 is 2.19 bits per heavy atom. The Hall–Kier alpha value is -2.41. The number of thiophene rings is 1. The van der Waals surface area contributed by atoms with Gasteiger partial charge >= 0.3 is 0 Å². The summed E-state index contributed by atoms with van der Waals surface area (Å²) in [6, 6.07) is 11.4. The number of furan rings is 1. The predicted molar refractivity (Wildman–Crippen MR) is 109 cm³/mol. The van der Waals surface area contributed by atoms with E-state index in [9.17, 15) is 4.79 Å². The zero-order valence-corrected chi connectivity index (χ0v) is 16.5. The van der Waals surface area contributed by atoms with Crippen molar-refractivity contribution in [3.05, 3.63) is 74.8 Å². The minimum absolute atomic E-state index is 0.0600. The van der Waals surface area contributed by atoms with E-state index in [-0.39, 0.29) is 11.6 Å². The number of nitrogens with one attached hydrogen (secondary N) is 1. The van der Waals surface area contributed by atoms with Crippen LogP contribution < -0.4 is 5.56 Å². The summed E-state index contributed by atoms with van der Waals surface area (Å²) in [5.74, 6) is 1.32. The van der Waals surface area contributed by atoms with E-state index >= 15 is 0 Å². The quantitative estimate of drug-likeness (QED) is 0.507. The average molecular weight is 400 g/mol. The number of aromatic amines is 1. The molecule has 0 unspecified atom stereocenters. The van der Waals surface area contributed by atoms with E-state index in [0.717, 1.165) is 11.1 Å². The van der Waals surface area contributed by atoms with Crippen LogP contribution in [0.1, 0.15) is 24.4 Å². The summed E-state index contributed by atoms with van der Waals surface area (Å²) < 4.78 is 5.44. The molecule has 27 heavy (non-hydrogen) atoms. The predicted octanol–water partition coefficient (Wildman–Crippen LogP) is 5.09. The Kier molecular flexibility index (Phi) is 4.86. The Balaban J connectivity index is 1.64. The number of hydrogen-bond acceptors (Lipinski definition) is 5. The second-order valence-corrected chi connectivity index (χ2v) is 7.77. The molecule has 1 atom stereocenters. The van der Waals surface area contributed by atoms with Crippen LogP contribution in [0, 0.1) is 0 Å². The number of rotatable bonds is 5. The van der Waals surface area contributed by atoms with Gasteiger partial charge in [0.25, 0.3) is 5.56 Å². The van der Waals surface area contributed by atoms with Crippen LogP contribution in [0.5, 0.6) is 0 Å². The minimum Gasteiger partial charge on any atom is -0.464 e. The molecule has 5 nitrogen and oxygen atoms in total. The maximum Gasteiger partial charge on any atom is 0.260 e. The van der Waals surface area contributed by atoms with Crippen molar-refractivity contribution in [3.8, 4) is 11.3 Å². The summed E-state index contributed by atoms with van der Waals surface area (Å²) >= 11 is 7.52. The molecule has 4 aromatic rings. The standard InChI is InChI=1S/C20H18ClN3O2S/c1-12(24(2)10-13-5-3-6-14(21)9-13)18-22-19(25)17-15(11-27-20(17)23-18)16-7-4-8-26-16/h3-9,11-12H,10H2,1-2H3,(H,22,23,25)/t12-/m0/s1. The van der Waals surface area contributed by atoms with Crippen molar-refractivity contribution in [2.75, 3.05) is 7.05 Å². The smallest absolute Gasteiger partial charge is 0.260 e. The summed E-state index contributed by atoms with van der Waals surface area (Å²) in [6.07, 6.45) is 1.60. The highest BCUT2D eigenvalue weighted by Crippen LogP contribution is 2.31. The van der Waals surface area contributed by atoms with Crippen molar-refractivity contribution in [1.29, 1.82) is 0 Å². The van der Waals surface area contributed by atoms with Gasteiger partial charge in [-0.25, -0.2) is 4.98 Å². The summed E-state index contributed by atoms with van der Waals surface area (Å²) in [7, 11) is 2.00. The lowest BCUT2D eigenvalue weighted by Gasteiger charge is -2.24. The van der Waals surface area contributed by atoms with Crippen LogP contribution >= 0.6 is 22.9 Å². The Morgan fingerprint density at radius 3 is 2.93 bits per heavy atom. The molecule has 0 bridgehead atoms. The van der Waals surface area contributed by atoms with Crippen molar-refractivity contribution in [2.45, 2.75) is 19.5 Å². The molecule has 0 aliphatic carbocycles. The Bertz CT molecular complexity index is 1130. The fourth-order valence-electron chi connectivity index (χ4n) is 3.05. The first-order valence-electron chi connectivity index (χ1n) is 8.53. The minimum atomic E-state index is -0.148. The first kappa shape index (κ1) is 18.0. The molecule has 0 radical (unpaired) electrons. The summed E-state index contributed by atoms with van der Waals surface area (Å²) in [4.78, 5) is 23.2. The van der Waals surface area contributed by atoms with Gasteiger partial charge in [0, 0.05) is 22.5 Å². The van der Waals surface area contributed by atoms with E-state index in [1.807, 2.05) is 55.7 Å². The van der Waals surface area contributed by atoms with Crippen LogP contribution in [0.2, 0.25) is 5.02 Å². The van der Waals surface area contributed by atoms with Crippen LogP contribution in [0.25, 0.3) is 21.5 Å². The molecule has 0 spiro atoms. The third-order valence-corrected chi connectivity index (χ3v) is 5.73. The molecular weight excluding hydrogens is 382 g/mol. The van der Waals surface area contributed by atoms with Gasteiger partial charge in [-0.2, -0.15) is 0 Å². The molecule has 1 aromatic carbocycles. The van der Waals surface area contributed by atoms with Crippen LogP contribution in [-0.4, -0.2) is 21.9 Å². The molecule has 7 heteroatoms. The van der Waals surface area contributed by atoms with Gasteiger partial charge in [0.1, 0.15) is 16.4 Å². The fraction of sp³-hybridized carbons (Fsp3) is 0.200. The van der Waals surface area contributed by atoms with Crippen molar-refractivity contribution in [3.63, 3.8) is 0 Å². The van der Waals surface area contributed by atoms with Crippen molar-refractivity contribution >= 4 is 33.2 Å². The molecule has 0 amide bonds. The second-order valence-electron chi connectivity index (χ2n) is 6.48. The van der Waals surface area contributed by atoms with Gasteiger partial charge in [0.15, 0.2) is 0 Å². The normalized spacial score (nSPS) is 12.7. The lowest BCUT2D eigenvalue weighted by molar-refractivity contribution is 0.244. The van der Waals surface area contributed by atoms with Crippen LogP contribution in [0.3, 0.4) is 0 Å². The molecule has 3 heterocycles. The van der Waals surface area contributed by atoms with Crippen molar-refractivity contribution in [1.82, 2.24) is 14.9 Å². The third kappa shape index (κ3) is 3.56. The summed E-state index contributed by atoms with van der Waals surface area (Å²) in [5, 5.41) is 3.20. The zero-order chi connectivity index (χ0) is 19.0. The zero-order valence-electron chi connectivity index (χ0n) is 14.9. The van der Waals surface area contributed by atoms with Crippen LogP contribution in [-0.2, 0) is 6.54 Å². The van der Waals surface area contributed by atoms with Gasteiger partial charge in [0.05, 0.1) is 17.7 Å². The van der Waals surface area contributed by atoms with Gasteiger partial charge in [-0.05, 0) is 43.8 Å². The molecule has 0 aliphatic rings. The Morgan fingerprint density at radius 1 is 1.33 bits per heavy atom. The third-order valence-electron chi connectivity index (χ3n) is 4.63. The highest BCUT2D eigenvalue weighted by molar-refractivity contribution is 7.17. The van der Waals surface area contributed by atoms with E-state index in [4.69, 9.17) is 21.0 Å². The highest BCUT2D eigenvalue weighted by Gasteiger charge is 2.19. The van der Waals surface area contributed by atoms with E-state index in [1.165, 1.54) is 11.3 Å². The molecule has 0 saturated heterocycles. The maximum absolute atomic E-state index is 12.7. The van der Waals surface area contributed by atoms with Gasteiger partial charge in [-0.15, -0.1) is 11.3 Å². The van der Waals surface area contributed by atoms with Gasteiger partial charge in [-0.1, -0.05) is 23.7 Å². The van der Waals surface area contributed by atoms with E-state index in [2.05, 4.69) is 9.88 Å². The number of aromatic nitrogens is 2. The van der Waals surface area contributed by atoms with Gasteiger partial charge in [0.2, 0.25) is 0 Å². The van der Waals surface area contributed by atoms with Gasteiger partial charge in [-0.3, -0.25) is 9.69 Å². The van der Waals surface area contributed by atoms with Crippen LogP contribution in [0.15, 0.2) is 57.3 Å². The Labute approximate surface area is 165 Å². The number of benzene rings is 1. The van der Waals surface area contributed by atoms with Crippen molar-refractivity contribution < 1.29 is 4.42 Å². The topological polar surface area (TPSA) is 62.1 Å². The molecule has 0 aliphatic heterocycles.